The summed E-state index contributed by atoms with van der Waals surface area (Å²) >= 11 is 5.44. The molecule has 1 N–H and O–H groups in total. The van der Waals surface area contributed by atoms with Crippen LogP contribution in [0.25, 0.3) is 0 Å². The van der Waals surface area contributed by atoms with E-state index in [1.807, 2.05) is 17.4 Å². The Kier molecular flexibility index (Phi) is 4.37. The van der Waals surface area contributed by atoms with Crippen molar-refractivity contribution in [3.63, 3.8) is 0 Å². The van der Waals surface area contributed by atoms with Crippen LogP contribution in [-0.4, -0.2) is 0 Å². The van der Waals surface area contributed by atoms with Crippen LogP contribution in [0.1, 0.15) is 28.3 Å². The predicted octanol–water partition coefficient (Wildman–Crippen LogP) is 4.67. The van der Waals surface area contributed by atoms with Gasteiger partial charge in [-0.15, -0.1) is 11.3 Å². The third-order valence-corrected chi connectivity index (χ3v) is 4.47. The van der Waals surface area contributed by atoms with Gasteiger partial charge < -0.3 is 5.32 Å². The molecule has 0 amide bonds. The Balaban J connectivity index is 1.98. The summed E-state index contributed by atoms with van der Waals surface area (Å²) in [6.07, 6.45) is 0. The molecule has 0 saturated heterocycles. The van der Waals surface area contributed by atoms with Crippen LogP contribution in [0, 0.1) is 6.92 Å². The van der Waals surface area contributed by atoms with Crippen molar-refractivity contribution in [3.05, 3.63) is 56.2 Å². The normalized spacial score (nSPS) is 12.6. The fraction of sp³-hybridized carbons (Fsp3) is 0.286. The van der Waals surface area contributed by atoms with Crippen molar-refractivity contribution in [2.75, 3.05) is 0 Å². The number of halogens is 1. The van der Waals surface area contributed by atoms with Crippen LogP contribution in [0.4, 0.5) is 0 Å². The van der Waals surface area contributed by atoms with Gasteiger partial charge in [0.15, 0.2) is 0 Å². The van der Waals surface area contributed by atoms with Gasteiger partial charge in [-0.05, 0) is 37.6 Å². The van der Waals surface area contributed by atoms with E-state index in [1.54, 1.807) is 0 Å². The third kappa shape index (κ3) is 3.41. The molecule has 3 heteroatoms. The molecule has 1 aromatic heterocycles. The predicted molar refractivity (Wildman–Crippen MR) is 78.5 cm³/mol. The lowest BCUT2D eigenvalue weighted by atomic mass is 10.1. The number of benzene rings is 1. The second kappa shape index (κ2) is 5.80. The summed E-state index contributed by atoms with van der Waals surface area (Å²) in [5, 5.41) is 3.55. The van der Waals surface area contributed by atoms with Crippen molar-refractivity contribution < 1.29 is 0 Å². The summed E-state index contributed by atoms with van der Waals surface area (Å²) in [5.74, 6) is 0. The van der Waals surface area contributed by atoms with Crippen LogP contribution in [0.15, 0.2) is 40.9 Å². The van der Waals surface area contributed by atoms with Crippen LogP contribution in [-0.2, 0) is 6.54 Å². The highest BCUT2D eigenvalue weighted by atomic mass is 79.9. The van der Waals surface area contributed by atoms with E-state index in [0.29, 0.717) is 6.04 Å². The quantitative estimate of drug-likeness (QED) is 0.865. The molecule has 0 fully saturated rings. The minimum Gasteiger partial charge on any atom is -0.305 e. The summed E-state index contributed by atoms with van der Waals surface area (Å²) in [6.45, 7) is 5.27. The molecule has 0 saturated carbocycles. The fourth-order valence-corrected chi connectivity index (χ4v) is 3.24. The number of aryl methyl sites for hydroxylation is 1. The Morgan fingerprint density at radius 3 is 2.65 bits per heavy atom. The summed E-state index contributed by atoms with van der Waals surface area (Å²) in [5.41, 5.74) is 1.31. The van der Waals surface area contributed by atoms with E-state index in [0.717, 1.165) is 6.54 Å². The van der Waals surface area contributed by atoms with Gasteiger partial charge in [0.2, 0.25) is 0 Å². The van der Waals surface area contributed by atoms with Crippen LogP contribution >= 0.6 is 27.3 Å². The Bertz CT molecular complexity index is 492. The van der Waals surface area contributed by atoms with Crippen LogP contribution in [0.3, 0.4) is 0 Å². The van der Waals surface area contributed by atoms with Crippen molar-refractivity contribution in [2.45, 2.75) is 26.4 Å². The smallest absolute Gasteiger partial charge is 0.0306 e. The van der Waals surface area contributed by atoms with Gasteiger partial charge in [-0.25, -0.2) is 0 Å². The van der Waals surface area contributed by atoms with E-state index in [9.17, 15) is 0 Å². The van der Waals surface area contributed by atoms with Gasteiger partial charge in [0, 0.05) is 26.8 Å². The second-order valence-corrected chi connectivity index (χ2v) is 6.36. The monoisotopic (exact) mass is 309 g/mol. The van der Waals surface area contributed by atoms with Gasteiger partial charge >= 0.3 is 0 Å². The first kappa shape index (κ1) is 12.8. The highest BCUT2D eigenvalue weighted by molar-refractivity contribution is 9.10. The van der Waals surface area contributed by atoms with E-state index in [4.69, 9.17) is 0 Å². The number of hydrogen-bond donors (Lipinski definition) is 1. The molecule has 0 unspecified atom stereocenters. The van der Waals surface area contributed by atoms with Gasteiger partial charge in [0.25, 0.3) is 0 Å². The van der Waals surface area contributed by atoms with Gasteiger partial charge in [-0.2, -0.15) is 0 Å². The molecule has 1 atom stereocenters. The maximum absolute atomic E-state index is 3.59. The number of nitrogens with one attached hydrogen (secondary N) is 1. The third-order valence-electron chi connectivity index (χ3n) is 2.75. The molecule has 0 radical (unpaired) electrons. The highest BCUT2D eigenvalue weighted by Crippen LogP contribution is 2.23. The maximum Gasteiger partial charge on any atom is 0.0306 e. The number of thiophene rings is 1. The standard InChI is InChI=1S/C14H16BrNS/c1-10-7-8-12(17-10)9-16-11(2)13-5-3-4-6-14(13)15/h3-8,11,16H,9H2,1-2H3/t11-/m1/s1. The molecule has 0 aliphatic heterocycles. The zero-order chi connectivity index (χ0) is 12.3. The molecule has 0 bridgehead atoms. The maximum atomic E-state index is 3.59. The van der Waals surface area contributed by atoms with E-state index in [2.05, 4.69) is 65.4 Å². The zero-order valence-electron chi connectivity index (χ0n) is 10.0. The van der Waals surface area contributed by atoms with Gasteiger partial charge in [0.05, 0.1) is 0 Å². The minimum absolute atomic E-state index is 0.355. The van der Waals surface area contributed by atoms with E-state index < -0.39 is 0 Å². The summed E-state index contributed by atoms with van der Waals surface area (Å²) < 4.78 is 1.17. The molecule has 2 rings (SSSR count). The lowest BCUT2D eigenvalue weighted by molar-refractivity contribution is 0.577. The molecule has 1 heterocycles. The first-order chi connectivity index (χ1) is 8.16. The van der Waals surface area contributed by atoms with E-state index in [1.165, 1.54) is 19.8 Å². The molecule has 0 aliphatic carbocycles. The molecular formula is C14H16BrNS. The number of rotatable bonds is 4. The molecule has 2 aromatic rings. The molecule has 1 aromatic carbocycles. The van der Waals surface area contributed by atoms with Gasteiger partial charge in [-0.1, -0.05) is 34.1 Å². The zero-order valence-corrected chi connectivity index (χ0v) is 12.4. The van der Waals surface area contributed by atoms with Gasteiger partial charge in [-0.3, -0.25) is 0 Å². The Morgan fingerprint density at radius 2 is 2.00 bits per heavy atom. The van der Waals surface area contributed by atoms with Gasteiger partial charge in [0.1, 0.15) is 0 Å². The first-order valence-corrected chi connectivity index (χ1v) is 7.31. The second-order valence-electron chi connectivity index (χ2n) is 4.14. The summed E-state index contributed by atoms with van der Waals surface area (Å²) in [4.78, 5) is 2.76. The van der Waals surface area contributed by atoms with Crippen LogP contribution in [0.5, 0.6) is 0 Å². The Labute approximate surface area is 115 Å². The average molecular weight is 310 g/mol. The lowest BCUT2D eigenvalue weighted by Gasteiger charge is -2.15. The SMILES string of the molecule is Cc1ccc(CN[C@H](C)c2ccccc2Br)s1. The van der Waals surface area contributed by atoms with E-state index >= 15 is 0 Å². The van der Waals surface area contributed by atoms with Crippen LogP contribution in [0.2, 0.25) is 0 Å². The molecule has 0 spiro atoms. The van der Waals surface area contributed by atoms with E-state index in [-0.39, 0.29) is 0 Å². The Hall–Kier alpha value is -0.640. The van der Waals surface area contributed by atoms with Crippen LogP contribution < -0.4 is 5.32 Å². The molecule has 1 nitrogen and oxygen atoms in total. The molecule has 90 valence electrons. The molecular weight excluding hydrogens is 294 g/mol. The van der Waals surface area contributed by atoms with Crippen molar-refractivity contribution in [3.8, 4) is 0 Å². The topological polar surface area (TPSA) is 12.0 Å². The van der Waals surface area contributed by atoms with Crippen molar-refractivity contribution >= 4 is 27.3 Å². The lowest BCUT2D eigenvalue weighted by Crippen LogP contribution is -2.17. The fourth-order valence-electron chi connectivity index (χ4n) is 1.77. The summed E-state index contributed by atoms with van der Waals surface area (Å²) in [7, 11) is 0. The Morgan fingerprint density at radius 1 is 1.24 bits per heavy atom. The molecule has 17 heavy (non-hydrogen) atoms. The average Bonchev–Trinajstić information content (AvgIpc) is 2.73. The molecule has 0 aliphatic rings. The van der Waals surface area contributed by atoms with Crippen molar-refractivity contribution in [2.24, 2.45) is 0 Å². The highest BCUT2D eigenvalue weighted by Gasteiger charge is 2.08. The largest absolute Gasteiger partial charge is 0.305 e. The van der Waals surface area contributed by atoms with Crippen molar-refractivity contribution in [1.82, 2.24) is 5.32 Å². The first-order valence-electron chi connectivity index (χ1n) is 5.70. The number of hydrogen-bond acceptors (Lipinski definition) is 2. The van der Waals surface area contributed by atoms with Crippen molar-refractivity contribution in [1.29, 1.82) is 0 Å². The minimum atomic E-state index is 0.355. The summed E-state index contributed by atoms with van der Waals surface area (Å²) in [6, 6.07) is 13.1.